The van der Waals surface area contributed by atoms with Gasteiger partial charge >= 0.3 is 5.97 Å². The molecule has 0 aromatic heterocycles. The van der Waals surface area contributed by atoms with Crippen LogP contribution in [0.4, 0.5) is 5.69 Å². The molecule has 1 fully saturated rings. The van der Waals surface area contributed by atoms with Gasteiger partial charge in [0.2, 0.25) is 0 Å². The number of carbonyl (C=O) groups excluding carboxylic acids is 2. The Kier molecular flexibility index (Phi) is 6.19. The molecule has 4 rings (SSSR count). The third-order valence-corrected chi connectivity index (χ3v) is 5.75. The molecular weight excluding hydrogens is 434 g/mol. The highest BCUT2D eigenvalue weighted by molar-refractivity contribution is 6.51. The van der Waals surface area contributed by atoms with E-state index in [4.69, 9.17) is 9.84 Å². The van der Waals surface area contributed by atoms with Crippen molar-refractivity contribution < 1.29 is 29.3 Å². The molecule has 1 aliphatic rings. The summed E-state index contributed by atoms with van der Waals surface area (Å²) in [5, 5.41) is 20.2. The third-order valence-electron chi connectivity index (χ3n) is 5.75. The van der Waals surface area contributed by atoms with E-state index in [1.807, 2.05) is 19.1 Å². The van der Waals surface area contributed by atoms with Crippen LogP contribution in [0.3, 0.4) is 0 Å². The lowest BCUT2D eigenvalue weighted by Gasteiger charge is -2.26. The number of carbonyl (C=O) groups is 3. The van der Waals surface area contributed by atoms with Crippen molar-refractivity contribution in [3.63, 3.8) is 0 Å². The highest BCUT2D eigenvalue weighted by Gasteiger charge is 2.47. The number of hydrogen-bond acceptors (Lipinski definition) is 5. The zero-order valence-corrected chi connectivity index (χ0v) is 18.7. The number of ketones is 1. The maximum atomic E-state index is 13.2. The summed E-state index contributed by atoms with van der Waals surface area (Å²) in [6, 6.07) is 19.5. The first kappa shape index (κ1) is 22.8. The first-order valence-electron chi connectivity index (χ1n) is 10.6. The van der Waals surface area contributed by atoms with Crippen molar-refractivity contribution in [2.75, 3.05) is 12.0 Å². The second-order valence-electron chi connectivity index (χ2n) is 8.05. The largest absolute Gasteiger partial charge is 0.507 e. The lowest BCUT2D eigenvalue weighted by atomic mass is 9.94. The quantitative estimate of drug-likeness (QED) is 0.326. The Labute approximate surface area is 196 Å². The average Bonchev–Trinajstić information content (AvgIpc) is 3.10. The van der Waals surface area contributed by atoms with Gasteiger partial charge in [0.15, 0.2) is 0 Å². The predicted octanol–water partition coefficient (Wildman–Crippen LogP) is 4.26. The first-order valence-corrected chi connectivity index (χ1v) is 10.6. The zero-order chi connectivity index (χ0) is 24.4. The summed E-state index contributed by atoms with van der Waals surface area (Å²) in [6.45, 7) is 1.91. The second kappa shape index (κ2) is 9.23. The zero-order valence-electron chi connectivity index (χ0n) is 18.7. The molecule has 3 aromatic rings. The molecule has 1 amide bonds. The predicted molar refractivity (Wildman–Crippen MR) is 127 cm³/mol. The molecule has 7 heteroatoms. The molecule has 3 aromatic carbocycles. The SMILES string of the molecule is COc1cccc(C2/C(=C(/O)c3ccc(C)cc3)C(=O)C(=O)N2c2ccc(CC(=O)O)cc2)c1. The summed E-state index contributed by atoms with van der Waals surface area (Å²) in [7, 11) is 1.52. The number of benzene rings is 3. The molecule has 0 aliphatic carbocycles. The van der Waals surface area contributed by atoms with Crippen molar-refractivity contribution in [1.82, 2.24) is 0 Å². The molecule has 34 heavy (non-hydrogen) atoms. The number of anilines is 1. The van der Waals surface area contributed by atoms with E-state index in [0.29, 0.717) is 28.1 Å². The van der Waals surface area contributed by atoms with Crippen LogP contribution in [-0.4, -0.2) is 35.0 Å². The van der Waals surface area contributed by atoms with E-state index in [0.717, 1.165) is 5.56 Å². The van der Waals surface area contributed by atoms with E-state index >= 15 is 0 Å². The number of ether oxygens (including phenoxy) is 1. The molecule has 1 aliphatic heterocycles. The van der Waals surface area contributed by atoms with Gasteiger partial charge in [0, 0.05) is 11.3 Å². The van der Waals surface area contributed by atoms with E-state index in [1.165, 1.54) is 12.0 Å². The van der Waals surface area contributed by atoms with Gasteiger partial charge in [-0.2, -0.15) is 0 Å². The van der Waals surface area contributed by atoms with Crippen molar-refractivity contribution in [2.45, 2.75) is 19.4 Å². The average molecular weight is 457 g/mol. The van der Waals surface area contributed by atoms with E-state index in [-0.39, 0.29) is 17.8 Å². The van der Waals surface area contributed by atoms with Gasteiger partial charge < -0.3 is 14.9 Å². The third kappa shape index (κ3) is 4.28. The standard InChI is InChI=1S/C27H23NO6/c1-16-6-10-18(11-7-16)25(31)23-24(19-4-3-5-21(15-19)34-2)28(27(33)26(23)32)20-12-8-17(9-13-20)14-22(29)30/h3-13,15,24,31H,14H2,1-2H3,(H,29,30)/b25-23-. The van der Waals surface area contributed by atoms with Crippen LogP contribution in [0.2, 0.25) is 0 Å². The van der Waals surface area contributed by atoms with Gasteiger partial charge in [-0.15, -0.1) is 0 Å². The molecule has 2 N–H and O–H groups in total. The molecule has 0 bridgehead atoms. The molecule has 1 atom stereocenters. The number of aryl methyl sites for hydroxylation is 1. The summed E-state index contributed by atoms with van der Waals surface area (Å²) >= 11 is 0. The van der Waals surface area contributed by atoms with Gasteiger partial charge in [0.1, 0.15) is 11.5 Å². The highest BCUT2D eigenvalue weighted by atomic mass is 16.5. The number of aliphatic hydroxyl groups excluding tert-OH is 1. The van der Waals surface area contributed by atoms with Gasteiger partial charge in [0.25, 0.3) is 11.7 Å². The van der Waals surface area contributed by atoms with Crippen LogP contribution < -0.4 is 9.64 Å². The fourth-order valence-electron chi connectivity index (χ4n) is 4.04. The van der Waals surface area contributed by atoms with Crippen LogP contribution in [0.25, 0.3) is 5.76 Å². The number of aliphatic hydroxyl groups is 1. The Morgan fingerprint density at radius 2 is 1.65 bits per heavy atom. The highest BCUT2D eigenvalue weighted by Crippen LogP contribution is 2.42. The van der Waals surface area contributed by atoms with Crippen LogP contribution in [0, 0.1) is 6.92 Å². The van der Waals surface area contributed by atoms with Crippen molar-refractivity contribution >= 4 is 29.1 Å². The monoisotopic (exact) mass is 457 g/mol. The summed E-state index contributed by atoms with van der Waals surface area (Å²) in [4.78, 5) is 38.8. The number of hydrogen-bond donors (Lipinski definition) is 2. The summed E-state index contributed by atoms with van der Waals surface area (Å²) < 4.78 is 5.33. The maximum absolute atomic E-state index is 13.2. The topological polar surface area (TPSA) is 104 Å². The first-order chi connectivity index (χ1) is 16.3. The summed E-state index contributed by atoms with van der Waals surface area (Å²) in [5.41, 5.74) is 2.94. The number of carboxylic acid groups (broad SMARTS) is 1. The molecule has 1 saturated heterocycles. The Balaban J connectivity index is 1.88. The smallest absolute Gasteiger partial charge is 0.307 e. The molecule has 172 valence electrons. The number of amides is 1. The normalized spacial score (nSPS) is 17.1. The number of methoxy groups -OCH3 is 1. The fraction of sp³-hybridized carbons (Fsp3) is 0.148. The van der Waals surface area contributed by atoms with Crippen LogP contribution in [0.15, 0.2) is 78.4 Å². The van der Waals surface area contributed by atoms with Gasteiger partial charge in [-0.25, -0.2) is 0 Å². The van der Waals surface area contributed by atoms with E-state index in [1.54, 1.807) is 60.7 Å². The van der Waals surface area contributed by atoms with Crippen LogP contribution in [-0.2, 0) is 20.8 Å². The van der Waals surface area contributed by atoms with E-state index in [2.05, 4.69) is 0 Å². The molecule has 0 saturated carbocycles. The van der Waals surface area contributed by atoms with Crippen molar-refractivity contribution in [1.29, 1.82) is 0 Å². The maximum Gasteiger partial charge on any atom is 0.307 e. The molecule has 1 heterocycles. The Morgan fingerprint density at radius 1 is 0.971 bits per heavy atom. The fourth-order valence-corrected chi connectivity index (χ4v) is 4.04. The van der Waals surface area contributed by atoms with E-state index < -0.39 is 23.7 Å². The van der Waals surface area contributed by atoms with Gasteiger partial charge in [-0.05, 0) is 42.3 Å². The van der Waals surface area contributed by atoms with Gasteiger partial charge in [-0.3, -0.25) is 19.3 Å². The van der Waals surface area contributed by atoms with E-state index in [9.17, 15) is 19.5 Å². The minimum atomic E-state index is -0.970. The lowest BCUT2D eigenvalue weighted by molar-refractivity contribution is -0.136. The van der Waals surface area contributed by atoms with Crippen molar-refractivity contribution in [3.05, 3.63) is 101 Å². The number of Topliss-reactive ketones (excluding diaryl/α,β-unsaturated/α-hetero) is 1. The summed E-state index contributed by atoms with van der Waals surface area (Å²) in [6.07, 6.45) is -0.161. The molecule has 0 spiro atoms. The van der Waals surface area contributed by atoms with Crippen molar-refractivity contribution in [3.8, 4) is 5.75 Å². The minimum absolute atomic E-state index is 0.0308. The number of aliphatic carboxylic acids is 1. The minimum Gasteiger partial charge on any atom is -0.507 e. The molecule has 1 unspecified atom stereocenters. The number of rotatable bonds is 6. The Bertz CT molecular complexity index is 1290. The number of carboxylic acids is 1. The van der Waals surface area contributed by atoms with Crippen molar-refractivity contribution in [2.24, 2.45) is 0 Å². The Morgan fingerprint density at radius 3 is 2.26 bits per heavy atom. The molecule has 0 radical (unpaired) electrons. The van der Waals surface area contributed by atoms with Gasteiger partial charge in [-0.1, -0.05) is 54.1 Å². The second-order valence-corrected chi connectivity index (χ2v) is 8.05. The molecule has 7 nitrogen and oxygen atoms in total. The van der Waals surface area contributed by atoms with Crippen LogP contribution in [0.5, 0.6) is 5.75 Å². The summed E-state index contributed by atoms with van der Waals surface area (Å²) in [5.74, 6) is -2.29. The van der Waals surface area contributed by atoms with Crippen LogP contribution >= 0.6 is 0 Å². The Hall–Kier alpha value is -4.39. The number of nitrogens with zero attached hydrogens (tertiary/aromatic N) is 1. The van der Waals surface area contributed by atoms with Crippen LogP contribution in [0.1, 0.15) is 28.3 Å². The lowest BCUT2D eigenvalue weighted by Crippen LogP contribution is -2.29. The molecular formula is C27H23NO6. The van der Waals surface area contributed by atoms with Gasteiger partial charge in [0.05, 0.1) is 25.1 Å².